The summed E-state index contributed by atoms with van der Waals surface area (Å²) < 4.78 is 12.1. The Morgan fingerprint density at radius 1 is 0.644 bits per heavy atom. The van der Waals surface area contributed by atoms with Crippen molar-refractivity contribution >= 4 is 27.8 Å². The first-order chi connectivity index (χ1) is 21.0. The molecule has 0 atom stereocenters. The van der Waals surface area contributed by atoms with Gasteiger partial charge in [0.05, 0.1) is 22.4 Å². The van der Waals surface area contributed by atoms with Crippen molar-refractivity contribution in [2.24, 2.45) is 0 Å². The molecule has 0 spiro atoms. The van der Waals surface area contributed by atoms with Gasteiger partial charge in [0.2, 0.25) is 0 Å². The molecule has 6 aromatic rings. The first kappa shape index (κ1) is 33.6. The van der Waals surface area contributed by atoms with E-state index in [1.807, 2.05) is 121 Å². The van der Waals surface area contributed by atoms with Crippen LogP contribution >= 0.6 is 0 Å². The van der Waals surface area contributed by atoms with E-state index in [1.54, 1.807) is 0 Å². The van der Waals surface area contributed by atoms with E-state index in [4.69, 9.17) is 9.47 Å². The molecular formula is C37H33N2NaO5. The minimum atomic E-state index is -1.07. The van der Waals surface area contributed by atoms with Crippen LogP contribution in [0.1, 0.15) is 42.3 Å². The average molecular weight is 609 g/mol. The molecule has 0 saturated carbocycles. The number of ether oxygens (including phenoxy) is 2. The molecular weight excluding hydrogens is 575 g/mol. The van der Waals surface area contributed by atoms with Crippen molar-refractivity contribution in [1.82, 2.24) is 9.97 Å². The summed E-state index contributed by atoms with van der Waals surface area (Å²) in [6.07, 6.45) is 0.325. The number of nitrogens with zero attached hydrogens (tertiary/aromatic N) is 2. The average Bonchev–Trinajstić information content (AvgIpc) is 3.05. The number of pyridine rings is 2. The zero-order chi connectivity index (χ0) is 29.6. The molecule has 0 fully saturated rings. The number of carbonyl (C=O) groups is 1. The summed E-state index contributed by atoms with van der Waals surface area (Å²) in [5.74, 6) is 0.357. The van der Waals surface area contributed by atoms with E-state index in [0.717, 1.165) is 44.3 Å². The third-order valence-corrected chi connectivity index (χ3v) is 7.90. The van der Waals surface area contributed by atoms with Gasteiger partial charge in [0, 0.05) is 22.2 Å². The molecule has 0 radical (unpaired) electrons. The third kappa shape index (κ3) is 8.07. The van der Waals surface area contributed by atoms with Crippen molar-refractivity contribution in [3.05, 3.63) is 144 Å². The summed E-state index contributed by atoms with van der Waals surface area (Å²) in [7, 11) is 0. The van der Waals surface area contributed by atoms with Crippen molar-refractivity contribution < 1.29 is 54.4 Å². The molecule has 0 amide bonds. The Bertz CT molecular complexity index is 1750. The molecule has 4 aromatic carbocycles. The second kappa shape index (κ2) is 15.1. The molecule has 7 nitrogen and oxygen atoms in total. The smallest absolute Gasteiger partial charge is 0.550 e. The van der Waals surface area contributed by atoms with Crippen molar-refractivity contribution in [3.8, 4) is 11.5 Å². The fourth-order valence-corrected chi connectivity index (χ4v) is 5.34. The molecule has 2 heterocycles. The van der Waals surface area contributed by atoms with E-state index in [2.05, 4.69) is 16.9 Å². The molecule has 6 rings (SSSR count). The molecule has 45 heavy (non-hydrogen) atoms. The maximum atomic E-state index is 11.5. The van der Waals surface area contributed by atoms with Crippen LogP contribution in [0.4, 0.5) is 0 Å². The molecule has 8 heteroatoms. The molecule has 0 aliphatic rings. The van der Waals surface area contributed by atoms with Gasteiger partial charge < -0.3 is 24.9 Å². The number of aromatic nitrogens is 2. The van der Waals surface area contributed by atoms with Gasteiger partial charge in [-0.05, 0) is 72.5 Å². The summed E-state index contributed by atoms with van der Waals surface area (Å²) in [6, 6.07) is 39.7. The van der Waals surface area contributed by atoms with Crippen LogP contribution in [0.3, 0.4) is 0 Å². The van der Waals surface area contributed by atoms with Crippen molar-refractivity contribution in [2.75, 3.05) is 0 Å². The van der Waals surface area contributed by atoms with Crippen LogP contribution in [0.25, 0.3) is 21.8 Å². The number of aliphatic carboxylic acids is 1. The van der Waals surface area contributed by atoms with Crippen LogP contribution in [0.5, 0.6) is 11.5 Å². The first-order valence-electron chi connectivity index (χ1n) is 14.3. The number of para-hydroxylation sites is 2. The SMILES string of the molecule is CC(CCC(=O)[O-])(c1ccc(OCc2ccc3ccccc3n2)cc1)c1ccc(OCc2ccc3ccccc3n2)cc1.O.[Na+]. The zero-order valence-corrected chi connectivity index (χ0v) is 27.4. The second-order valence-electron chi connectivity index (χ2n) is 10.8. The summed E-state index contributed by atoms with van der Waals surface area (Å²) in [5, 5.41) is 13.6. The molecule has 0 aliphatic heterocycles. The van der Waals surface area contributed by atoms with Crippen molar-refractivity contribution in [3.63, 3.8) is 0 Å². The van der Waals surface area contributed by atoms with Crippen molar-refractivity contribution in [1.29, 1.82) is 0 Å². The number of carboxylic acid groups (broad SMARTS) is 1. The summed E-state index contributed by atoms with van der Waals surface area (Å²) in [5.41, 5.74) is 4.98. The van der Waals surface area contributed by atoms with Gasteiger partial charge >= 0.3 is 29.6 Å². The summed E-state index contributed by atoms with van der Waals surface area (Å²) in [4.78, 5) is 20.8. The van der Waals surface area contributed by atoms with Gasteiger partial charge in [0.25, 0.3) is 0 Å². The molecule has 2 aromatic heterocycles. The van der Waals surface area contributed by atoms with Gasteiger partial charge in [-0.25, -0.2) is 9.97 Å². The topological polar surface area (TPSA) is 116 Å². The normalized spacial score (nSPS) is 11.0. The summed E-state index contributed by atoms with van der Waals surface area (Å²) in [6.45, 7) is 2.75. The van der Waals surface area contributed by atoms with Gasteiger partial charge in [-0.3, -0.25) is 0 Å². The Balaban J connectivity index is 0.00000230. The van der Waals surface area contributed by atoms with Gasteiger partial charge in [-0.1, -0.05) is 79.7 Å². The van der Waals surface area contributed by atoms with Gasteiger partial charge in [-0.15, -0.1) is 0 Å². The number of rotatable bonds is 11. The van der Waals surface area contributed by atoms with Crippen molar-refractivity contribution in [2.45, 2.75) is 38.4 Å². The Hall–Kier alpha value is -4.27. The minimum absolute atomic E-state index is 0. The van der Waals surface area contributed by atoms with E-state index in [-0.39, 0.29) is 41.5 Å². The predicted octanol–water partition coefficient (Wildman–Crippen LogP) is 2.96. The largest absolute Gasteiger partial charge is 1.00 e. The van der Waals surface area contributed by atoms with Gasteiger partial charge in [-0.2, -0.15) is 0 Å². The van der Waals surface area contributed by atoms with E-state index < -0.39 is 11.4 Å². The van der Waals surface area contributed by atoms with Gasteiger partial charge in [0.1, 0.15) is 24.7 Å². The predicted molar refractivity (Wildman–Crippen MR) is 169 cm³/mol. The van der Waals surface area contributed by atoms with E-state index in [0.29, 0.717) is 31.1 Å². The number of hydrogen-bond donors (Lipinski definition) is 0. The van der Waals surface area contributed by atoms with Crippen LogP contribution in [0.2, 0.25) is 0 Å². The number of carbonyl (C=O) groups excluding carboxylic acids is 1. The molecule has 222 valence electrons. The molecule has 0 unspecified atom stereocenters. The van der Waals surface area contributed by atoms with Crippen LogP contribution in [-0.2, 0) is 23.4 Å². The number of benzene rings is 4. The van der Waals surface area contributed by atoms with Crippen LogP contribution in [0.15, 0.2) is 121 Å². The van der Waals surface area contributed by atoms with Crippen LogP contribution in [-0.4, -0.2) is 21.4 Å². The molecule has 0 aliphatic carbocycles. The molecule has 2 N–H and O–H groups in total. The molecule has 0 saturated heterocycles. The van der Waals surface area contributed by atoms with E-state index >= 15 is 0 Å². The standard InChI is InChI=1S/C37H32N2O4.Na.H2O/c1-37(23-22-36(40)41,28-12-18-32(19-13-28)42-24-30-16-10-26-6-2-4-8-34(26)38-30)29-14-20-33(21-15-29)43-25-31-17-11-27-7-3-5-9-35(27)39-31;;/h2-21H,22-25H2,1H3,(H,40,41);;1H2/q;+1;/p-1. The number of fused-ring (bicyclic) bond motifs is 2. The van der Waals surface area contributed by atoms with Crippen LogP contribution in [0, 0.1) is 0 Å². The third-order valence-electron chi connectivity index (χ3n) is 7.90. The monoisotopic (exact) mass is 608 g/mol. The Morgan fingerprint density at radius 3 is 1.49 bits per heavy atom. The van der Waals surface area contributed by atoms with E-state index in [1.165, 1.54) is 0 Å². The van der Waals surface area contributed by atoms with Crippen LogP contribution < -0.4 is 44.1 Å². The minimum Gasteiger partial charge on any atom is -0.550 e. The number of carboxylic acids is 1. The number of hydrogen-bond acceptors (Lipinski definition) is 6. The quantitative estimate of drug-likeness (QED) is 0.209. The van der Waals surface area contributed by atoms with E-state index in [9.17, 15) is 9.90 Å². The Labute approximate surface area is 284 Å². The first-order valence-corrected chi connectivity index (χ1v) is 14.3. The zero-order valence-electron chi connectivity index (χ0n) is 25.4. The maximum absolute atomic E-state index is 11.5. The Kier molecular flexibility index (Phi) is 11.3. The summed E-state index contributed by atoms with van der Waals surface area (Å²) >= 11 is 0. The maximum Gasteiger partial charge on any atom is 1.00 e. The second-order valence-corrected chi connectivity index (χ2v) is 10.8. The Morgan fingerprint density at radius 2 is 1.07 bits per heavy atom. The molecule has 0 bridgehead atoms. The van der Waals surface area contributed by atoms with Gasteiger partial charge in [0.15, 0.2) is 0 Å². The fraction of sp³-hybridized carbons (Fsp3) is 0.162. The fourth-order valence-electron chi connectivity index (χ4n) is 5.34.